The number of halogens is 3. The van der Waals surface area contributed by atoms with Gasteiger partial charge < -0.3 is 14.5 Å². The van der Waals surface area contributed by atoms with Gasteiger partial charge in [0.2, 0.25) is 0 Å². The van der Waals surface area contributed by atoms with E-state index in [1.54, 1.807) is 6.07 Å². The number of aryl methyl sites for hydroxylation is 1. The summed E-state index contributed by atoms with van der Waals surface area (Å²) < 4.78 is 46.2. The fourth-order valence-corrected chi connectivity index (χ4v) is 1.49. The number of rotatable bonds is 7. The Morgan fingerprint density at radius 3 is 2.63 bits per heavy atom. The van der Waals surface area contributed by atoms with Crippen molar-refractivity contribution in [1.29, 1.82) is 0 Å². The Labute approximate surface area is 111 Å². The van der Waals surface area contributed by atoms with Gasteiger partial charge >= 0.3 is 6.18 Å². The summed E-state index contributed by atoms with van der Waals surface area (Å²) in [6, 6.07) is 2.14. The van der Waals surface area contributed by atoms with Crippen molar-refractivity contribution in [3.05, 3.63) is 23.2 Å². The van der Waals surface area contributed by atoms with Gasteiger partial charge in [-0.05, 0) is 18.6 Å². The van der Waals surface area contributed by atoms with Gasteiger partial charge in [0.05, 0.1) is 19.6 Å². The molecule has 0 saturated carbocycles. The van der Waals surface area contributed by atoms with Crippen LogP contribution in [-0.4, -0.2) is 18.8 Å². The molecule has 0 spiro atoms. The molecule has 110 valence electrons. The second-order valence-corrected chi connectivity index (χ2v) is 4.77. The maximum atomic E-state index is 11.9. The minimum atomic E-state index is -4.18. The van der Waals surface area contributed by atoms with Crippen LogP contribution in [0.15, 0.2) is 10.5 Å². The average molecular weight is 279 g/mol. The Balaban J connectivity index is 2.37. The molecule has 0 fully saturated rings. The lowest BCUT2D eigenvalue weighted by atomic mass is 10.2. The van der Waals surface area contributed by atoms with Crippen molar-refractivity contribution in [2.24, 2.45) is 0 Å². The SMILES string of the molecule is Cc1cc(COCCC(F)(F)F)oc1CNC(C)C. The van der Waals surface area contributed by atoms with E-state index in [1.807, 2.05) is 20.8 Å². The number of nitrogens with one attached hydrogen (secondary N) is 1. The van der Waals surface area contributed by atoms with E-state index in [0.29, 0.717) is 18.3 Å². The zero-order valence-corrected chi connectivity index (χ0v) is 11.4. The molecule has 0 aliphatic rings. The van der Waals surface area contributed by atoms with Gasteiger partial charge in [0, 0.05) is 6.04 Å². The van der Waals surface area contributed by atoms with Crippen molar-refractivity contribution in [2.75, 3.05) is 6.61 Å². The molecule has 0 aliphatic carbocycles. The van der Waals surface area contributed by atoms with E-state index < -0.39 is 12.6 Å². The fraction of sp³-hybridized carbons (Fsp3) is 0.692. The molecular weight excluding hydrogens is 259 g/mol. The maximum absolute atomic E-state index is 11.9. The molecule has 6 heteroatoms. The van der Waals surface area contributed by atoms with E-state index in [4.69, 9.17) is 9.15 Å². The average Bonchev–Trinajstić information content (AvgIpc) is 2.61. The van der Waals surface area contributed by atoms with Crippen LogP contribution >= 0.6 is 0 Å². The third-order valence-corrected chi connectivity index (χ3v) is 2.52. The van der Waals surface area contributed by atoms with Gasteiger partial charge in [-0.2, -0.15) is 13.2 Å². The predicted molar refractivity (Wildman–Crippen MR) is 65.7 cm³/mol. The first-order valence-corrected chi connectivity index (χ1v) is 6.24. The van der Waals surface area contributed by atoms with Gasteiger partial charge in [-0.15, -0.1) is 0 Å². The quantitative estimate of drug-likeness (QED) is 0.775. The molecule has 1 aromatic heterocycles. The molecule has 0 amide bonds. The first kappa shape index (κ1) is 16.0. The third-order valence-electron chi connectivity index (χ3n) is 2.52. The molecule has 1 rings (SSSR count). The number of hydrogen-bond acceptors (Lipinski definition) is 3. The summed E-state index contributed by atoms with van der Waals surface area (Å²) in [4.78, 5) is 0. The highest BCUT2D eigenvalue weighted by molar-refractivity contribution is 5.19. The van der Waals surface area contributed by atoms with Crippen molar-refractivity contribution in [3.63, 3.8) is 0 Å². The van der Waals surface area contributed by atoms with Crippen LogP contribution < -0.4 is 5.32 Å². The van der Waals surface area contributed by atoms with Gasteiger partial charge in [-0.1, -0.05) is 13.8 Å². The van der Waals surface area contributed by atoms with Crippen LogP contribution in [0, 0.1) is 6.92 Å². The lowest BCUT2D eigenvalue weighted by Crippen LogP contribution is -2.21. The van der Waals surface area contributed by atoms with Crippen LogP contribution in [0.2, 0.25) is 0 Å². The number of furan rings is 1. The van der Waals surface area contributed by atoms with Gasteiger partial charge in [0.25, 0.3) is 0 Å². The van der Waals surface area contributed by atoms with Crippen molar-refractivity contribution in [2.45, 2.75) is 52.6 Å². The molecular formula is C13H20F3NO2. The maximum Gasteiger partial charge on any atom is 0.391 e. The van der Waals surface area contributed by atoms with Crippen molar-refractivity contribution in [1.82, 2.24) is 5.32 Å². The molecule has 0 aromatic carbocycles. The highest BCUT2D eigenvalue weighted by Crippen LogP contribution is 2.20. The molecule has 19 heavy (non-hydrogen) atoms. The molecule has 0 radical (unpaired) electrons. The monoisotopic (exact) mass is 279 g/mol. The van der Waals surface area contributed by atoms with Gasteiger partial charge in [0.15, 0.2) is 0 Å². The van der Waals surface area contributed by atoms with Crippen LogP contribution in [-0.2, 0) is 17.9 Å². The van der Waals surface area contributed by atoms with Crippen LogP contribution in [0.25, 0.3) is 0 Å². The Kier molecular flexibility index (Phi) is 5.87. The fourth-order valence-electron chi connectivity index (χ4n) is 1.49. The predicted octanol–water partition coefficient (Wildman–Crippen LogP) is 3.56. The lowest BCUT2D eigenvalue weighted by Gasteiger charge is -2.07. The van der Waals surface area contributed by atoms with E-state index in [1.165, 1.54) is 0 Å². The highest BCUT2D eigenvalue weighted by Gasteiger charge is 2.26. The second-order valence-electron chi connectivity index (χ2n) is 4.77. The molecule has 0 aliphatic heterocycles. The summed E-state index contributed by atoms with van der Waals surface area (Å²) in [5, 5.41) is 3.22. The van der Waals surface area contributed by atoms with Crippen LogP contribution in [0.3, 0.4) is 0 Å². The summed E-state index contributed by atoms with van der Waals surface area (Å²) in [6.45, 7) is 6.28. The van der Waals surface area contributed by atoms with E-state index in [9.17, 15) is 13.2 Å². The molecule has 0 unspecified atom stereocenters. The van der Waals surface area contributed by atoms with Crippen molar-refractivity contribution < 1.29 is 22.3 Å². The Morgan fingerprint density at radius 2 is 2.05 bits per heavy atom. The molecule has 0 atom stereocenters. The van der Waals surface area contributed by atoms with Crippen LogP contribution in [0.4, 0.5) is 13.2 Å². The minimum Gasteiger partial charge on any atom is -0.462 e. The number of hydrogen-bond donors (Lipinski definition) is 1. The summed E-state index contributed by atoms with van der Waals surface area (Å²) >= 11 is 0. The standard InChI is InChI=1S/C13H20F3NO2/c1-9(2)17-7-12-10(3)6-11(19-12)8-18-5-4-13(14,15)16/h6,9,17H,4-5,7-8H2,1-3H3. The Bertz CT molecular complexity index is 386. The topological polar surface area (TPSA) is 34.4 Å². The van der Waals surface area contributed by atoms with E-state index in [-0.39, 0.29) is 13.2 Å². The number of ether oxygens (including phenoxy) is 1. The van der Waals surface area contributed by atoms with Gasteiger partial charge in [-0.25, -0.2) is 0 Å². The number of alkyl halides is 3. The lowest BCUT2D eigenvalue weighted by molar-refractivity contribution is -0.146. The minimum absolute atomic E-state index is 0.0681. The summed E-state index contributed by atoms with van der Waals surface area (Å²) in [5.41, 5.74) is 0.975. The van der Waals surface area contributed by atoms with Gasteiger partial charge in [-0.3, -0.25) is 0 Å². The third kappa shape index (κ3) is 6.63. The van der Waals surface area contributed by atoms with E-state index in [2.05, 4.69) is 5.32 Å². The molecule has 3 nitrogen and oxygen atoms in total. The molecule has 1 N–H and O–H groups in total. The van der Waals surface area contributed by atoms with E-state index in [0.717, 1.165) is 11.3 Å². The van der Waals surface area contributed by atoms with Gasteiger partial charge in [0.1, 0.15) is 18.1 Å². The first-order valence-electron chi connectivity index (χ1n) is 6.24. The first-order chi connectivity index (χ1) is 8.78. The van der Waals surface area contributed by atoms with Crippen LogP contribution in [0.1, 0.15) is 37.4 Å². The Hall–Kier alpha value is -1.01. The second kappa shape index (κ2) is 6.96. The van der Waals surface area contributed by atoms with Crippen molar-refractivity contribution >= 4 is 0 Å². The molecule has 0 saturated heterocycles. The van der Waals surface area contributed by atoms with Crippen LogP contribution in [0.5, 0.6) is 0 Å². The normalized spacial score (nSPS) is 12.4. The summed E-state index contributed by atoms with van der Waals surface area (Å²) in [6.07, 6.45) is -5.11. The van der Waals surface area contributed by atoms with E-state index >= 15 is 0 Å². The summed E-state index contributed by atoms with van der Waals surface area (Å²) in [5.74, 6) is 1.35. The summed E-state index contributed by atoms with van der Waals surface area (Å²) in [7, 11) is 0. The molecule has 1 heterocycles. The highest BCUT2D eigenvalue weighted by atomic mass is 19.4. The Morgan fingerprint density at radius 1 is 1.37 bits per heavy atom. The smallest absolute Gasteiger partial charge is 0.391 e. The zero-order valence-electron chi connectivity index (χ0n) is 11.4. The van der Waals surface area contributed by atoms with Crippen molar-refractivity contribution in [3.8, 4) is 0 Å². The molecule has 1 aromatic rings. The largest absolute Gasteiger partial charge is 0.462 e. The zero-order chi connectivity index (χ0) is 14.5. The molecule has 0 bridgehead atoms.